The lowest BCUT2D eigenvalue weighted by atomic mass is 9.92. The highest BCUT2D eigenvalue weighted by atomic mass is 16.3. The Morgan fingerprint density at radius 1 is 1.45 bits per heavy atom. The van der Waals surface area contributed by atoms with Gasteiger partial charge < -0.3 is 15.0 Å². The Balaban J connectivity index is 2.42. The van der Waals surface area contributed by atoms with Gasteiger partial charge in [-0.25, -0.2) is 4.98 Å². The van der Waals surface area contributed by atoms with Crippen LogP contribution in [0.1, 0.15) is 52.8 Å². The number of nitrogens with zero attached hydrogens (tertiary/aromatic N) is 2. The van der Waals surface area contributed by atoms with Crippen molar-refractivity contribution >= 4 is 5.91 Å². The molecule has 5 heteroatoms. The molecule has 1 aromatic rings. The first-order chi connectivity index (χ1) is 9.24. The number of amides is 1. The lowest BCUT2D eigenvalue weighted by Gasteiger charge is -2.27. The van der Waals surface area contributed by atoms with E-state index in [1.165, 1.54) is 0 Å². The molecule has 0 spiro atoms. The van der Waals surface area contributed by atoms with Crippen LogP contribution < -0.4 is 5.32 Å². The summed E-state index contributed by atoms with van der Waals surface area (Å²) in [7, 11) is 0. The molecule has 5 nitrogen and oxygen atoms in total. The lowest BCUT2D eigenvalue weighted by Crippen LogP contribution is -2.44. The molecule has 0 aromatic carbocycles. The standard InChI is InChI=1S/C15H27N3O2/c1-11(2)14-16-7-9-18(14)8-6-13(19)17-10-15(5,20)12(3)4/h7,9,11-12,20H,6,8,10H2,1-5H3,(H,17,19). The summed E-state index contributed by atoms with van der Waals surface area (Å²) >= 11 is 0. The molecule has 0 aliphatic carbocycles. The van der Waals surface area contributed by atoms with Crippen LogP contribution in [-0.4, -0.2) is 32.7 Å². The maximum absolute atomic E-state index is 11.8. The molecule has 1 aromatic heterocycles. The number of hydrogen-bond donors (Lipinski definition) is 2. The monoisotopic (exact) mass is 281 g/mol. The normalized spacial score (nSPS) is 14.6. The molecule has 1 heterocycles. The number of imidazole rings is 1. The molecule has 0 bridgehead atoms. The molecule has 0 aliphatic rings. The smallest absolute Gasteiger partial charge is 0.221 e. The fraction of sp³-hybridized carbons (Fsp3) is 0.733. The van der Waals surface area contributed by atoms with E-state index in [1.807, 2.05) is 24.6 Å². The Kier molecular flexibility index (Phi) is 5.74. The molecular formula is C15H27N3O2. The number of nitrogens with one attached hydrogen (secondary N) is 1. The fourth-order valence-electron chi connectivity index (χ4n) is 1.80. The molecule has 20 heavy (non-hydrogen) atoms. The quantitative estimate of drug-likeness (QED) is 0.802. The highest BCUT2D eigenvalue weighted by Crippen LogP contribution is 2.15. The van der Waals surface area contributed by atoms with E-state index in [-0.39, 0.29) is 18.4 Å². The topological polar surface area (TPSA) is 67.2 Å². The predicted octanol–water partition coefficient (Wildman–Crippen LogP) is 1.92. The Bertz CT molecular complexity index is 436. The first-order valence-electron chi connectivity index (χ1n) is 7.24. The van der Waals surface area contributed by atoms with E-state index >= 15 is 0 Å². The van der Waals surface area contributed by atoms with Gasteiger partial charge in [0.25, 0.3) is 0 Å². The Morgan fingerprint density at radius 3 is 2.65 bits per heavy atom. The van der Waals surface area contributed by atoms with E-state index in [2.05, 4.69) is 24.1 Å². The molecule has 114 valence electrons. The number of carbonyl (C=O) groups is 1. The molecule has 0 fully saturated rings. The number of hydrogen-bond acceptors (Lipinski definition) is 3. The fourth-order valence-corrected chi connectivity index (χ4v) is 1.80. The molecule has 1 rings (SSSR count). The summed E-state index contributed by atoms with van der Waals surface area (Å²) in [6, 6.07) is 0. The van der Waals surface area contributed by atoms with Gasteiger partial charge in [-0.2, -0.15) is 0 Å². The molecule has 0 radical (unpaired) electrons. The van der Waals surface area contributed by atoms with Gasteiger partial charge in [0.1, 0.15) is 5.82 Å². The first-order valence-corrected chi connectivity index (χ1v) is 7.24. The van der Waals surface area contributed by atoms with Gasteiger partial charge in [0.05, 0.1) is 5.60 Å². The van der Waals surface area contributed by atoms with Crippen molar-refractivity contribution in [2.24, 2.45) is 5.92 Å². The minimum atomic E-state index is -0.867. The molecule has 0 saturated carbocycles. The summed E-state index contributed by atoms with van der Waals surface area (Å²) < 4.78 is 2.00. The summed E-state index contributed by atoms with van der Waals surface area (Å²) in [4.78, 5) is 16.1. The van der Waals surface area contributed by atoms with Crippen molar-refractivity contribution in [1.29, 1.82) is 0 Å². The molecule has 1 amide bonds. The Hall–Kier alpha value is -1.36. The van der Waals surface area contributed by atoms with Crippen molar-refractivity contribution in [3.05, 3.63) is 18.2 Å². The number of aromatic nitrogens is 2. The van der Waals surface area contributed by atoms with Gasteiger partial charge >= 0.3 is 0 Å². The van der Waals surface area contributed by atoms with Crippen LogP contribution in [0.4, 0.5) is 0 Å². The average molecular weight is 281 g/mol. The van der Waals surface area contributed by atoms with Gasteiger partial charge in [0.15, 0.2) is 0 Å². The number of carbonyl (C=O) groups excluding carboxylic acids is 1. The zero-order valence-corrected chi connectivity index (χ0v) is 13.2. The van der Waals surface area contributed by atoms with Gasteiger partial charge in [-0.05, 0) is 12.8 Å². The third-order valence-electron chi connectivity index (χ3n) is 3.73. The van der Waals surface area contributed by atoms with Gasteiger partial charge in [-0.3, -0.25) is 4.79 Å². The SMILES string of the molecule is CC(C)c1nccn1CCC(=O)NCC(C)(O)C(C)C. The Morgan fingerprint density at radius 2 is 2.10 bits per heavy atom. The van der Waals surface area contributed by atoms with E-state index in [0.717, 1.165) is 5.82 Å². The molecule has 0 saturated heterocycles. The van der Waals surface area contributed by atoms with Crippen molar-refractivity contribution in [3.63, 3.8) is 0 Å². The van der Waals surface area contributed by atoms with E-state index in [0.29, 0.717) is 18.9 Å². The summed E-state index contributed by atoms with van der Waals surface area (Å²) in [5.41, 5.74) is -0.867. The number of aliphatic hydroxyl groups is 1. The van der Waals surface area contributed by atoms with Crippen LogP contribution in [0.5, 0.6) is 0 Å². The van der Waals surface area contributed by atoms with Crippen molar-refractivity contribution in [2.45, 2.75) is 59.1 Å². The predicted molar refractivity (Wildman–Crippen MR) is 79.4 cm³/mol. The molecular weight excluding hydrogens is 254 g/mol. The van der Waals surface area contributed by atoms with Crippen LogP contribution in [0.15, 0.2) is 12.4 Å². The Labute approximate surface area is 121 Å². The maximum atomic E-state index is 11.8. The highest BCUT2D eigenvalue weighted by Gasteiger charge is 2.25. The highest BCUT2D eigenvalue weighted by molar-refractivity contribution is 5.75. The van der Waals surface area contributed by atoms with Gasteiger partial charge in [-0.1, -0.05) is 27.7 Å². The first kappa shape index (κ1) is 16.7. The summed E-state index contributed by atoms with van der Waals surface area (Å²) in [6.45, 7) is 10.7. The third-order valence-corrected chi connectivity index (χ3v) is 3.73. The second-order valence-corrected chi connectivity index (χ2v) is 6.17. The zero-order valence-electron chi connectivity index (χ0n) is 13.2. The van der Waals surface area contributed by atoms with Crippen LogP contribution in [0, 0.1) is 5.92 Å². The van der Waals surface area contributed by atoms with Crippen LogP contribution in [0.2, 0.25) is 0 Å². The van der Waals surface area contributed by atoms with Gasteiger partial charge in [0.2, 0.25) is 5.91 Å². The minimum absolute atomic E-state index is 0.0469. The summed E-state index contributed by atoms with van der Waals surface area (Å²) in [5.74, 6) is 1.39. The lowest BCUT2D eigenvalue weighted by molar-refractivity contribution is -0.122. The van der Waals surface area contributed by atoms with Crippen LogP contribution in [0.3, 0.4) is 0 Å². The maximum Gasteiger partial charge on any atom is 0.221 e. The van der Waals surface area contributed by atoms with Crippen LogP contribution in [-0.2, 0) is 11.3 Å². The van der Waals surface area contributed by atoms with E-state index in [1.54, 1.807) is 13.1 Å². The van der Waals surface area contributed by atoms with Gasteiger partial charge in [-0.15, -0.1) is 0 Å². The van der Waals surface area contributed by atoms with Gasteiger partial charge in [0, 0.05) is 37.8 Å². The van der Waals surface area contributed by atoms with E-state index in [4.69, 9.17) is 0 Å². The van der Waals surface area contributed by atoms with Crippen molar-refractivity contribution in [2.75, 3.05) is 6.54 Å². The van der Waals surface area contributed by atoms with Crippen molar-refractivity contribution < 1.29 is 9.90 Å². The number of aryl methyl sites for hydroxylation is 1. The zero-order chi connectivity index (χ0) is 15.3. The molecule has 1 unspecified atom stereocenters. The molecule has 1 atom stereocenters. The second-order valence-electron chi connectivity index (χ2n) is 6.17. The van der Waals surface area contributed by atoms with E-state index in [9.17, 15) is 9.90 Å². The van der Waals surface area contributed by atoms with Crippen molar-refractivity contribution in [3.8, 4) is 0 Å². The minimum Gasteiger partial charge on any atom is -0.388 e. The summed E-state index contributed by atoms with van der Waals surface area (Å²) in [6.07, 6.45) is 4.05. The largest absolute Gasteiger partial charge is 0.388 e. The summed E-state index contributed by atoms with van der Waals surface area (Å²) in [5, 5.41) is 12.9. The molecule has 2 N–H and O–H groups in total. The van der Waals surface area contributed by atoms with E-state index < -0.39 is 5.60 Å². The second kappa shape index (κ2) is 6.88. The third kappa shape index (κ3) is 4.63. The van der Waals surface area contributed by atoms with Crippen LogP contribution in [0.25, 0.3) is 0 Å². The molecule has 0 aliphatic heterocycles. The van der Waals surface area contributed by atoms with Crippen molar-refractivity contribution in [1.82, 2.24) is 14.9 Å². The van der Waals surface area contributed by atoms with Crippen LogP contribution >= 0.6 is 0 Å². The average Bonchev–Trinajstić information content (AvgIpc) is 2.82. The number of rotatable bonds is 7.